The zero-order valence-electron chi connectivity index (χ0n) is 28.6. The predicted octanol–water partition coefficient (Wildman–Crippen LogP) is 11.9. The molecule has 0 atom stereocenters. The van der Waals surface area contributed by atoms with E-state index >= 15 is 0 Å². The highest BCUT2D eigenvalue weighted by atomic mass is 15.1. The van der Waals surface area contributed by atoms with Gasteiger partial charge in [0.2, 0.25) is 0 Å². The number of imidazole rings is 1. The Morgan fingerprint density at radius 2 is 1.12 bits per heavy atom. The largest absolute Gasteiger partial charge is 0.295 e. The van der Waals surface area contributed by atoms with Gasteiger partial charge in [0.05, 0.1) is 12.4 Å². The minimum absolute atomic E-state index is 1.25. The van der Waals surface area contributed by atoms with Crippen molar-refractivity contribution in [3.8, 4) is 11.3 Å². The van der Waals surface area contributed by atoms with E-state index in [9.17, 15) is 0 Å². The average Bonchev–Trinajstić information content (AvgIpc) is 3.33. The molecule has 0 bridgehead atoms. The van der Waals surface area contributed by atoms with Crippen LogP contribution in [0.3, 0.4) is 0 Å². The van der Waals surface area contributed by atoms with Crippen LogP contribution < -0.4 is 4.57 Å². The molecule has 0 aliphatic heterocycles. The monoisotopic (exact) mass is 543 g/mol. The molecule has 3 aromatic carbocycles. The van der Waals surface area contributed by atoms with Gasteiger partial charge < -0.3 is 0 Å². The van der Waals surface area contributed by atoms with Crippen molar-refractivity contribution >= 4 is 27.3 Å². The fraction of sp³-hybridized carbons (Fsp3) is 0.447. The van der Waals surface area contributed by atoms with E-state index in [-0.39, 0.29) is 0 Å². The number of benzene rings is 3. The molecule has 0 saturated carbocycles. The van der Waals surface area contributed by atoms with Crippen LogP contribution in [0.15, 0.2) is 60.8 Å². The Hall–Kier alpha value is -3.13. The SMILES string of the molecule is CC.CC.CC.CC.CCCC.Cc1ccc2c(c1)c1cccc(C)c1c1n2c(-c2c(C)cccc2C)c[n+]1C. The van der Waals surface area contributed by atoms with Gasteiger partial charge in [0, 0.05) is 16.3 Å². The van der Waals surface area contributed by atoms with Gasteiger partial charge in [-0.2, -0.15) is 4.40 Å². The fourth-order valence-electron chi connectivity index (χ4n) is 4.75. The third-order valence-electron chi connectivity index (χ3n) is 6.52. The van der Waals surface area contributed by atoms with Gasteiger partial charge in [-0.15, -0.1) is 0 Å². The maximum atomic E-state index is 2.46. The highest BCUT2D eigenvalue weighted by Gasteiger charge is 2.25. The second-order valence-corrected chi connectivity index (χ2v) is 9.07. The zero-order valence-corrected chi connectivity index (χ0v) is 28.6. The molecule has 0 N–H and O–H groups in total. The van der Waals surface area contributed by atoms with E-state index in [1.165, 1.54) is 73.7 Å². The molecule has 2 nitrogen and oxygen atoms in total. The number of aryl methyl sites for hydroxylation is 5. The summed E-state index contributed by atoms with van der Waals surface area (Å²) >= 11 is 0. The third kappa shape index (κ3) is 7.96. The number of aromatic nitrogens is 2. The smallest absolute Gasteiger partial charge is 0.232 e. The van der Waals surface area contributed by atoms with Crippen molar-refractivity contribution in [3.63, 3.8) is 0 Å². The number of hydrogen-bond acceptors (Lipinski definition) is 0. The molecule has 0 amide bonds. The van der Waals surface area contributed by atoms with Crippen LogP contribution in [0.2, 0.25) is 0 Å². The maximum Gasteiger partial charge on any atom is 0.295 e. The van der Waals surface area contributed by atoms with Gasteiger partial charge in [-0.05, 0) is 56.5 Å². The summed E-state index contributed by atoms with van der Waals surface area (Å²) in [5.74, 6) is 0. The molecule has 0 aliphatic rings. The van der Waals surface area contributed by atoms with Crippen LogP contribution in [0.25, 0.3) is 38.6 Å². The molecule has 2 aromatic heterocycles. The lowest BCUT2D eigenvalue weighted by atomic mass is 9.99. The summed E-state index contributed by atoms with van der Waals surface area (Å²) < 4.78 is 4.75. The normalized spacial score (nSPS) is 9.57. The second-order valence-electron chi connectivity index (χ2n) is 9.07. The van der Waals surface area contributed by atoms with E-state index in [1.807, 2.05) is 55.4 Å². The summed E-state index contributed by atoms with van der Waals surface area (Å²) in [5.41, 5.74) is 10.3. The van der Waals surface area contributed by atoms with Crippen molar-refractivity contribution in [3.05, 3.63) is 83.0 Å². The van der Waals surface area contributed by atoms with Crippen molar-refractivity contribution in [1.29, 1.82) is 0 Å². The van der Waals surface area contributed by atoms with Crippen LogP contribution in [0.5, 0.6) is 0 Å². The Balaban J connectivity index is 0.00000111. The van der Waals surface area contributed by atoms with Crippen molar-refractivity contribution < 1.29 is 4.57 Å². The van der Waals surface area contributed by atoms with Crippen LogP contribution in [0.1, 0.15) is 104 Å². The first-order chi connectivity index (χ1) is 19.4. The molecule has 0 spiro atoms. The van der Waals surface area contributed by atoms with E-state index in [0.29, 0.717) is 0 Å². The molecule has 0 fully saturated rings. The first kappa shape index (κ1) is 36.9. The summed E-state index contributed by atoms with van der Waals surface area (Å²) in [6.07, 6.45) is 4.93. The summed E-state index contributed by atoms with van der Waals surface area (Å²) in [7, 11) is 2.17. The lowest BCUT2D eigenvalue weighted by Crippen LogP contribution is -2.26. The van der Waals surface area contributed by atoms with Gasteiger partial charge in [0.25, 0.3) is 5.65 Å². The lowest BCUT2D eigenvalue weighted by molar-refractivity contribution is -0.643. The van der Waals surface area contributed by atoms with Crippen LogP contribution in [-0.4, -0.2) is 4.40 Å². The minimum Gasteiger partial charge on any atom is -0.232 e. The third-order valence-corrected chi connectivity index (χ3v) is 6.52. The number of pyridine rings is 1. The molecule has 0 radical (unpaired) electrons. The van der Waals surface area contributed by atoms with Gasteiger partial charge in [-0.3, -0.25) is 0 Å². The molecule has 0 unspecified atom stereocenters. The van der Waals surface area contributed by atoms with Crippen molar-refractivity contribution in [2.24, 2.45) is 7.05 Å². The first-order valence-electron chi connectivity index (χ1n) is 15.8. The number of nitrogens with zero attached hydrogens (tertiary/aromatic N) is 2. The van der Waals surface area contributed by atoms with Gasteiger partial charge in [-0.25, -0.2) is 4.57 Å². The summed E-state index contributed by atoms with van der Waals surface area (Å²) in [4.78, 5) is 0. The van der Waals surface area contributed by atoms with Crippen LogP contribution in [0.4, 0.5) is 0 Å². The van der Waals surface area contributed by atoms with Crippen molar-refractivity contribution in [2.75, 3.05) is 0 Å². The molecule has 220 valence electrons. The van der Waals surface area contributed by atoms with Crippen LogP contribution in [-0.2, 0) is 7.05 Å². The number of rotatable bonds is 2. The number of fused-ring (bicyclic) bond motifs is 6. The van der Waals surface area contributed by atoms with Gasteiger partial charge >= 0.3 is 0 Å². The summed E-state index contributed by atoms with van der Waals surface area (Å²) in [5, 5.41) is 3.98. The van der Waals surface area contributed by atoms with Gasteiger partial charge in [0.15, 0.2) is 5.69 Å². The molecule has 5 aromatic rings. The fourth-order valence-corrected chi connectivity index (χ4v) is 4.75. The Morgan fingerprint density at radius 3 is 1.65 bits per heavy atom. The quantitative estimate of drug-likeness (QED) is 0.155. The van der Waals surface area contributed by atoms with Gasteiger partial charge in [0.1, 0.15) is 11.7 Å². The molecule has 5 rings (SSSR count). The topological polar surface area (TPSA) is 8.29 Å². The summed E-state index contributed by atoms with van der Waals surface area (Å²) in [6, 6.07) is 20.0. The number of hydrogen-bond donors (Lipinski definition) is 0. The molecule has 0 aliphatic carbocycles. The van der Waals surface area contributed by atoms with E-state index in [2.05, 4.69) is 118 Å². The zero-order chi connectivity index (χ0) is 31.0. The van der Waals surface area contributed by atoms with E-state index in [4.69, 9.17) is 0 Å². The molecular formula is C38H59N2+. The minimum atomic E-state index is 1.25. The summed E-state index contributed by atoms with van der Waals surface area (Å²) in [6.45, 7) is 29.2. The van der Waals surface area contributed by atoms with E-state index in [0.717, 1.165) is 0 Å². The predicted molar refractivity (Wildman–Crippen MR) is 184 cm³/mol. The van der Waals surface area contributed by atoms with Crippen LogP contribution >= 0.6 is 0 Å². The Labute approximate surface area is 247 Å². The second kappa shape index (κ2) is 19.0. The highest BCUT2D eigenvalue weighted by molar-refractivity contribution is 6.13. The Morgan fingerprint density at radius 1 is 0.625 bits per heavy atom. The Kier molecular flexibility index (Phi) is 17.5. The molecule has 2 heterocycles. The highest BCUT2D eigenvalue weighted by Crippen LogP contribution is 2.36. The lowest BCUT2D eigenvalue weighted by Gasteiger charge is -2.10. The standard InChI is InChI=1S/C26H25N2.C4H10.4C2H6/c1-16-12-13-22-21(14-16)20-11-7-10-19(4)25(20)26-27(5)15-23(28(22)26)24-17(2)8-6-9-18(24)3;1-3-4-2;4*1-2/h6-15H,1-5H3;3-4H2,1-2H3;4*1-2H3/q+1;;;;;. The molecular weight excluding hydrogens is 484 g/mol. The van der Waals surface area contributed by atoms with Crippen molar-refractivity contribution in [2.45, 2.75) is 110 Å². The van der Waals surface area contributed by atoms with Gasteiger partial charge in [-0.1, -0.05) is 130 Å². The molecule has 0 saturated heterocycles. The first-order valence-corrected chi connectivity index (χ1v) is 15.8. The maximum absolute atomic E-state index is 2.46. The van der Waals surface area contributed by atoms with E-state index < -0.39 is 0 Å². The Bertz CT molecular complexity index is 1420. The van der Waals surface area contributed by atoms with Crippen LogP contribution in [0, 0.1) is 27.7 Å². The number of unbranched alkanes of at least 4 members (excludes halogenated alkanes) is 1. The average molecular weight is 544 g/mol. The molecule has 2 heteroatoms. The van der Waals surface area contributed by atoms with Crippen molar-refractivity contribution in [1.82, 2.24) is 4.40 Å². The molecule has 40 heavy (non-hydrogen) atoms. The van der Waals surface area contributed by atoms with E-state index in [1.54, 1.807) is 0 Å².